The molecule has 0 aliphatic rings. The number of alkyl halides is 5. The van der Waals surface area contributed by atoms with Crippen molar-refractivity contribution in [3.8, 4) is 0 Å². The Morgan fingerprint density at radius 2 is 1.94 bits per heavy atom. The first-order chi connectivity index (χ1) is 8.18. The van der Waals surface area contributed by atoms with Crippen molar-refractivity contribution in [3.05, 3.63) is 33.2 Å². The van der Waals surface area contributed by atoms with Gasteiger partial charge in [-0.1, -0.05) is 0 Å². The van der Waals surface area contributed by atoms with Gasteiger partial charge in [-0.05, 0) is 6.07 Å². The summed E-state index contributed by atoms with van der Waals surface area (Å²) in [5, 5.41) is 0. The summed E-state index contributed by atoms with van der Waals surface area (Å²) in [5.41, 5.74) is -6.11. The molecule has 0 saturated heterocycles. The molecule has 0 saturated carbocycles. The Morgan fingerprint density at radius 1 is 1.39 bits per heavy atom. The number of hydrogen-bond donors (Lipinski definition) is 1. The lowest BCUT2D eigenvalue weighted by molar-refractivity contribution is -0.139. The fraction of sp³-hybridized carbons (Fsp3) is 0.333. The topological polar surface area (TPSA) is 59.2 Å². The summed E-state index contributed by atoms with van der Waals surface area (Å²) in [6, 6.07) is 0.120. The lowest BCUT2D eigenvalue weighted by Crippen LogP contribution is -2.24. The van der Waals surface area contributed by atoms with E-state index in [1.54, 1.807) is 4.98 Å². The van der Waals surface area contributed by atoms with Crippen molar-refractivity contribution in [2.24, 2.45) is 0 Å². The molecule has 4 nitrogen and oxygen atoms in total. The smallest absolute Gasteiger partial charge is 0.417 e. The first kappa shape index (κ1) is 14.1. The molecule has 0 radical (unpaired) electrons. The number of rotatable bonds is 2. The molecule has 0 aliphatic carbocycles. The Labute approximate surface area is 96.4 Å². The summed E-state index contributed by atoms with van der Waals surface area (Å²) in [6.07, 6.45) is -8.79. The van der Waals surface area contributed by atoms with Crippen LogP contribution in [0.25, 0.3) is 0 Å². The highest BCUT2D eigenvalue weighted by Gasteiger charge is 2.38. The fourth-order valence-corrected chi connectivity index (χ4v) is 1.24. The number of hydrogen-bond acceptors (Lipinski definition) is 3. The van der Waals surface area contributed by atoms with E-state index < -0.39 is 41.0 Å². The second-order valence-corrected chi connectivity index (χ2v) is 3.13. The van der Waals surface area contributed by atoms with Crippen molar-refractivity contribution in [2.45, 2.75) is 12.6 Å². The molecule has 0 spiro atoms. The molecule has 100 valence electrons. The van der Waals surface area contributed by atoms with Crippen LogP contribution in [0.5, 0.6) is 0 Å². The number of nitrogens with one attached hydrogen (secondary N) is 1. The van der Waals surface area contributed by atoms with E-state index in [4.69, 9.17) is 0 Å². The van der Waals surface area contributed by atoms with Crippen LogP contribution in [-0.4, -0.2) is 18.1 Å². The molecule has 0 fully saturated rings. The molecule has 0 aromatic carbocycles. The highest BCUT2D eigenvalue weighted by Crippen LogP contribution is 2.34. The summed E-state index contributed by atoms with van der Waals surface area (Å²) >= 11 is 0. The number of aromatic amines is 1. The summed E-state index contributed by atoms with van der Waals surface area (Å²) in [4.78, 5) is 23.7. The van der Waals surface area contributed by atoms with Crippen LogP contribution >= 0.6 is 0 Å². The molecular formula is C9H6F5NO3. The highest BCUT2D eigenvalue weighted by molar-refractivity contribution is 5.87. The number of halogens is 5. The van der Waals surface area contributed by atoms with E-state index in [-0.39, 0.29) is 6.07 Å². The number of ether oxygens (including phenoxy) is 1. The molecule has 1 rings (SSSR count). The van der Waals surface area contributed by atoms with Crippen LogP contribution in [0.15, 0.2) is 10.9 Å². The molecule has 0 atom stereocenters. The Morgan fingerprint density at radius 3 is 2.33 bits per heavy atom. The van der Waals surface area contributed by atoms with Gasteiger partial charge in [-0.25, -0.2) is 13.6 Å². The van der Waals surface area contributed by atoms with E-state index in [2.05, 4.69) is 4.74 Å². The van der Waals surface area contributed by atoms with Gasteiger partial charge in [0, 0.05) is 0 Å². The molecule has 0 unspecified atom stereocenters. The standard InChI is InChI=1S/C9H6F5NO3/c1-18-8(17)4-2-3(9(12,13)14)5(6(10)11)7(16)15-4/h2,6H,1H3,(H,15,16). The molecule has 18 heavy (non-hydrogen) atoms. The Kier molecular flexibility index (Phi) is 3.73. The van der Waals surface area contributed by atoms with Gasteiger partial charge in [0.15, 0.2) is 0 Å². The molecule has 1 aromatic rings. The van der Waals surface area contributed by atoms with E-state index in [0.717, 1.165) is 7.11 Å². The van der Waals surface area contributed by atoms with Crippen LogP contribution < -0.4 is 5.56 Å². The fourth-order valence-electron chi connectivity index (χ4n) is 1.24. The van der Waals surface area contributed by atoms with Gasteiger partial charge in [0.2, 0.25) is 0 Å². The third kappa shape index (κ3) is 2.66. The van der Waals surface area contributed by atoms with E-state index in [1.165, 1.54) is 0 Å². The Hall–Kier alpha value is -1.93. The maximum Gasteiger partial charge on any atom is 0.417 e. The Balaban J connectivity index is 3.58. The van der Waals surface area contributed by atoms with Crippen molar-refractivity contribution in [3.63, 3.8) is 0 Å². The monoisotopic (exact) mass is 271 g/mol. The first-order valence-electron chi connectivity index (χ1n) is 4.39. The zero-order valence-electron chi connectivity index (χ0n) is 8.77. The summed E-state index contributed by atoms with van der Waals surface area (Å²) < 4.78 is 66.4. The normalized spacial score (nSPS) is 11.7. The molecule has 1 aromatic heterocycles. The van der Waals surface area contributed by atoms with Gasteiger partial charge in [0.05, 0.1) is 18.2 Å². The van der Waals surface area contributed by atoms with Gasteiger partial charge in [-0.2, -0.15) is 13.2 Å². The number of aromatic nitrogens is 1. The van der Waals surface area contributed by atoms with Gasteiger partial charge in [0.1, 0.15) is 5.69 Å². The zero-order chi connectivity index (χ0) is 14.1. The molecular weight excluding hydrogens is 265 g/mol. The summed E-state index contributed by atoms with van der Waals surface area (Å²) in [7, 11) is 0.870. The minimum absolute atomic E-state index is 0.120. The number of H-pyrrole nitrogens is 1. The zero-order valence-corrected chi connectivity index (χ0v) is 8.77. The molecule has 0 bridgehead atoms. The van der Waals surface area contributed by atoms with Crippen molar-refractivity contribution < 1.29 is 31.5 Å². The third-order valence-electron chi connectivity index (χ3n) is 2.00. The largest absolute Gasteiger partial charge is 0.464 e. The molecule has 1 heterocycles. The average molecular weight is 271 g/mol. The Bertz CT molecular complexity index is 520. The second-order valence-electron chi connectivity index (χ2n) is 3.13. The number of pyridine rings is 1. The van der Waals surface area contributed by atoms with Gasteiger partial charge >= 0.3 is 12.1 Å². The van der Waals surface area contributed by atoms with Gasteiger partial charge in [-0.3, -0.25) is 4.79 Å². The number of carbonyl (C=O) groups excluding carboxylic acids is 1. The highest BCUT2D eigenvalue weighted by atomic mass is 19.4. The van der Waals surface area contributed by atoms with Crippen molar-refractivity contribution in [1.29, 1.82) is 0 Å². The minimum Gasteiger partial charge on any atom is -0.464 e. The molecule has 0 aliphatic heterocycles. The number of carbonyl (C=O) groups is 1. The van der Waals surface area contributed by atoms with E-state index in [1.807, 2.05) is 0 Å². The lowest BCUT2D eigenvalue weighted by Gasteiger charge is -2.12. The van der Waals surface area contributed by atoms with E-state index >= 15 is 0 Å². The van der Waals surface area contributed by atoms with Crippen LogP contribution in [0.1, 0.15) is 28.0 Å². The number of esters is 1. The summed E-state index contributed by atoms with van der Waals surface area (Å²) in [6.45, 7) is 0. The van der Waals surface area contributed by atoms with E-state index in [0.29, 0.717) is 0 Å². The number of methoxy groups -OCH3 is 1. The predicted octanol–water partition coefficient (Wildman–Crippen LogP) is 2.12. The maximum atomic E-state index is 12.5. The van der Waals surface area contributed by atoms with Crippen molar-refractivity contribution in [1.82, 2.24) is 4.98 Å². The van der Waals surface area contributed by atoms with Crippen LogP contribution in [0, 0.1) is 0 Å². The van der Waals surface area contributed by atoms with Crippen molar-refractivity contribution in [2.75, 3.05) is 7.11 Å². The quantitative estimate of drug-likeness (QED) is 0.662. The molecule has 9 heteroatoms. The maximum absolute atomic E-state index is 12.5. The first-order valence-corrected chi connectivity index (χ1v) is 4.39. The lowest BCUT2D eigenvalue weighted by atomic mass is 10.1. The average Bonchev–Trinajstić information content (AvgIpc) is 2.25. The van der Waals surface area contributed by atoms with Crippen LogP contribution in [0.2, 0.25) is 0 Å². The van der Waals surface area contributed by atoms with Gasteiger partial charge in [0.25, 0.3) is 12.0 Å². The SMILES string of the molecule is COC(=O)c1cc(C(F)(F)F)c(C(F)F)c(=O)[nH]1. The van der Waals surface area contributed by atoms with Crippen LogP contribution in [0.3, 0.4) is 0 Å². The van der Waals surface area contributed by atoms with Gasteiger partial charge in [-0.15, -0.1) is 0 Å². The van der Waals surface area contributed by atoms with E-state index in [9.17, 15) is 31.5 Å². The molecule has 0 amide bonds. The van der Waals surface area contributed by atoms with Crippen LogP contribution in [-0.2, 0) is 10.9 Å². The third-order valence-corrected chi connectivity index (χ3v) is 2.00. The predicted molar refractivity (Wildman–Crippen MR) is 48.4 cm³/mol. The minimum atomic E-state index is -5.18. The molecule has 1 N–H and O–H groups in total. The van der Waals surface area contributed by atoms with Crippen LogP contribution in [0.4, 0.5) is 22.0 Å². The second kappa shape index (κ2) is 4.75. The summed E-state index contributed by atoms with van der Waals surface area (Å²) in [5.74, 6) is -1.27. The van der Waals surface area contributed by atoms with Crippen molar-refractivity contribution >= 4 is 5.97 Å². The van der Waals surface area contributed by atoms with Gasteiger partial charge < -0.3 is 9.72 Å².